The lowest BCUT2D eigenvalue weighted by atomic mass is 10.1. The predicted octanol–water partition coefficient (Wildman–Crippen LogP) is 1.13. The van der Waals surface area contributed by atoms with Crippen LogP contribution < -0.4 is 0 Å². The summed E-state index contributed by atoms with van der Waals surface area (Å²) in [5.41, 5.74) is -0.617. The number of hydrogen-bond acceptors (Lipinski definition) is 2. The second-order valence-electron chi connectivity index (χ2n) is 2.27. The average Bonchev–Trinajstić information content (AvgIpc) is 2.00. The first-order chi connectivity index (χ1) is 4.68. The van der Waals surface area contributed by atoms with Crippen molar-refractivity contribution in [3.8, 4) is 0 Å². The Morgan fingerprint density at radius 2 is 2.20 bits per heavy atom. The second kappa shape index (κ2) is 4.25. The van der Waals surface area contributed by atoms with E-state index in [0.29, 0.717) is 6.61 Å². The molecule has 0 radical (unpaired) electrons. The Morgan fingerprint density at radius 3 is 2.50 bits per heavy atom. The fourth-order valence-corrected chi connectivity index (χ4v) is 0.418. The van der Waals surface area contributed by atoms with Gasteiger partial charge in [0.15, 0.2) is 0 Å². The fourth-order valence-electron chi connectivity index (χ4n) is 0.418. The summed E-state index contributed by atoms with van der Waals surface area (Å²) in [6.45, 7) is 9.18. The van der Waals surface area contributed by atoms with Gasteiger partial charge in [-0.25, -0.2) is 0 Å². The highest BCUT2D eigenvalue weighted by Gasteiger charge is 2.17. The van der Waals surface area contributed by atoms with Crippen LogP contribution in [0, 0.1) is 0 Å². The first-order valence-electron chi connectivity index (χ1n) is 3.18. The van der Waals surface area contributed by atoms with Gasteiger partial charge < -0.3 is 9.84 Å². The van der Waals surface area contributed by atoms with Crippen LogP contribution in [0.3, 0.4) is 0 Å². The molecule has 2 heteroatoms. The summed E-state index contributed by atoms with van der Waals surface area (Å²) < 4.78 is 5.19. The average molecular weight is 142 g/mol. The van der Waals surface area contributed by atoms with E-state index in [1.807, 2.05) is 0 Å². The molecule has 0 spiro atoms. The summed E-state index contributed by atoms with van der Waals surface area (Å²) in [5, 5.41) is 8.78. The summed E-state index contributed by atoms with van der Waals surface area (Å²) in [7, 11) is 0. The highest BCUT2D eigenvalue weighted by molar-refractivity contribution is 4.93. The zero-order valence-electron chi connectivity index (χ0n) is 6.34. The Hall–Kier alpha value is -0.600. The van der Waals surface area contributed by atoms with E-state index in [1.165, 1.54) is 0 Å². The number of rotatable bonds is 5. The summed E-state index contributed by atoms with van der Waals surface area (Å²) in [4.78, 5) is 0. The SMILES string of the molecule is C=CCO[C@@](C)(C=C)CO. The lowest BCUT2D eigenvalue weighted by Gasteiger charge is -2.22. The maximum absolute atomic E-state index is 8.78. The van der Waals surface area contributed by atoms with E-state index in [-0.39, 0.29) is 6.61 Å². The normalized spacial score (nSPS) is 15.8. The Labute approximate surface area is 61.8 Å². The molecule has 0 bridgehead atoms. The third-order valence-corrected chi connectivity index (χ3v) is 1.28. The van der Waals surface area contributed by atoms with Crippen molar-refractivity contribution in [3.05, 3.63) is 25.3 Å². The van der Waals surface area contributed by atoms with Gasteiger partial charge in [-0.15, -0.1) is 13.2 Å². The molecule has 0 fully saturated rings. The van der Waals surface area contributed by atoms with E-state index >= 15 is 0 Å². The van der Waals surface area contributed by atoms with Gasteiger partial charge in [0.2, 0.25) is 0 Å². The van der Waals surface area contributed by atoms with Crippen molar-refractivity contribution in [2.24, 2.45) is 0 Å². The molecule has 0 saturated heterocycles. The molecule has 0 saturated carbocycles. The Morgan fingerprint density at radius 1 is 1.60 bits per heavy atom. The van der Waals surface area contributed by atoms with Crippen LogP contribution in [-0.4, -0.2) is 23.9 Å². The van der Waals surface area contributed by atoms with Gasteiger partial charge in [-0.1, -0.05) is 12.2 Å². The second-order valence-corrected chi connectivity index (χ2v) is 2.27. The molecule has 0 unspecified atom stereocenters. The molecule has 0 rings (SSSR count). The number of aliphatic hydroxyl groups excluding tert-OH is 1. The van der Waals surface area contributed by atoms with Crippen molar-refractivity contribution in [2.75, 3.05) is 13.2 Å². The van der Waals surface area contributed by atoms with Gasteiger partial charge in [-0.05, 0) is 6.92 Å². The summed E-state index contributed by atoms with van der Waals surface area (Å²) in [6.07, 6.45) is 3.22. The van der Waals surface area contributed by atoms with Gasteiger partial charge in [-0.2, -0.15) is 0 Å². The monoisotopic (exact) mass is 142 g/mol. The smallest absolute Gasteiger partial charge is 0.107 e. The minimum Gasteiger partial charge on any atom is -0.393 e. The van der Waals surface area contributed by atoms with Gasteiger partial charge in [-0.3, -0.25) is 0 Å². The standard InChI is InChI=1S/C8H14O2/c1-4-6-10-8(3,5-2)7-9/h4-5,9H,1-2,6-7H2,3H3/t8-/m0/s1. The van der Waals surface area contributed by atoms with Crippen molar-refractivity contribution in [2.45, 2.75) is 12.5 Å². The van der Waals surface area contributed by atoms with Crippen molar-refractivity contribution >= 4 is 0 Å². The molecule has 0 amide bonds. The lowest BCUT2D eigenvalue weighted by molar-refractivity contribution is -0.0182. The summed E-state index contributed by atoms with van der Waals surface area (Å²) in [5.74, 6) is 0. The van der Waals surface area contributed by atoms with Gasteiger partial charge >= 0.3 is 0 Å². The Bertz CT molecular complexity index is 120. The molecule has 10 heavy (non-hydrogen) atoms. The quantitative estimate of drug-likeness (QED) is 0.583. The van der Waals surface area contributed by atoms with E-state index in [4.69, 9.17) is 9.84 Å². The van der Waals surface area contributed by atoms with Crippen LogP contribution in [0.25, 0.3) is 0 Å². The number of hydrogen-bond donors (Lipinski definition) is 1. The van der Waals surface area contributed by atoms with Crippen molar-refractivity contribution < 1.29 is 9.84 Å². The maximum Gasteiger partial charge on any atom is 0.107 e. The van der Waals surface area contributed by atoms with Gasteiger partial charge in [0.25, 0.3) is 0 Å². The lowest BCUT2D eigenvalue weighted by Crippen LogP contribution is -2.30. The Kier molecular flexibility index (Phi) is 4.00. The molecule has 0 aliphatic heterocycles. The molecule has 0 aromatic heterocycles. The zero-order chi connectivity index (χ0) is 8.04. The molecule has 0 aromatic carbocycles. The van der Waals surface area contributed by atoms with E-state index in [0.717, 1.165) is 0 Å². The van der Waals surface area contributed by atoms with Crippen LogP contribution in [0.1, 0.15) is 6.92 Å². The number of aliphatic hydroxyl groups is 1. The summed E-state index contributed by atoms with van der Waals surface area (Å²) >= 11 is 0. The van der Waals surface area contributed by atoms with Crippen molar-refractivity contribution in [1.29, 1.82) is 0 Å². The molecular formula is C8H14O2. The molecule has 0 aliphatic carbocycles. The van der Waals surface area contributed by atoms with Crippen molar-refractivity contribution in [3.63, 3.8) is 0 Å². The highest BCUT2D eigenvalue weighted by Crippen LogP contribution is 2.09. The molecule has 0 heterocycles. The van der Waals surface area contributed by atoms with Gasteiger partial charge in [0, 0.05) is 0 Å². The topological polar surface area (TPSA) is 29.5 Å². The Balaban J connectivity index is 3.79. The predicted molar refractivity (Wildman–Crippen MR) is 41.8 cm³/mol. The van der Waals surface area contributed by atoms with Crippen LogP contribution in [0.4, 0.5) is 0 Å². The minimum atomic E-state index is -0.617. The first-order valence-corrected chi connectivity index (χ1v) is 3.18. The molecule has 0 aliphatic rings. The van der Waals surface area contributed by atoms with Crippen LogP contribution >= 0.6 is 0 Å². The molecule has 2 nitrogen and oxygen atoms in total. The molecular weight excluding hydrogens is 128 g/mol. The first kappa shape index (κ1) is 9.40. The third-order valence-electron chi connectivity index (χ3n) is 1.28. The van der Waals surface area contributed by atoms with E-state index in [9.17, 15) is 0 Å². The summed E-state index contributed by atoms with van der Waals surface area (Å²) in [6, 6.07) is 0. The van der Waals surface area contributed by atoms with Gasteiger partial charge in [0.05, 0.1) is 13.2 Å². The molecule has 1 atom stereocenters. The van der Waals surface area contributed by atoms with Crippen LogP contribution in [-0.2, 0) is 4.74 Å². The zero-order valence-corrected chi connectivity index (χ0v) is 6.34. The fraction of sp³-hybridized carbons (Fsp3) is 0.500. The highest BCUT2D eigenvalue weighted by atomic mass is 16.5. The maximum atomic E-state index is 8.78. The molecule has 0 aromatic rings. The van der Waals surface area contributed by atoms with Crippen LogP contribution in [0.5, 0.6) is 0 Å². The number of ether oxygens (including phenoxy) is 1. The molecule has 58 valence electrons. The third kappa shape index (κ3) is 2.80. The van der Waals surface area contributed by atoms with Crippen molar-refractivity contribution in [1.82, 2.24) is 0 Å². The largest absolute Gasteiger partial charge is 0.393 e. The van der Waals surface area contributed by atoms with Crippen LogP contribution in [0.2, 0.25) is 0 Å². The van der Waals surface area contributed by atoms with Gasteiger partial charge in [0.1, 0.15) is 5.60 Å². The van der Waals surface area contributed by atoms with Crippen LogP contribution in [0.15, 0.2) is 25.3 Å². The van der Waals surface area contributed by atoms with E-state index in [2.05, 4.69) is 13.2 Å². The molecule has 1 N–H and O–H groups in total. The van der Waals surface area contributed by atoms with E-state index < -0.39 is 5.60 Å². The van der Waals surface area contributed by atoms with E-state index in [1.54, 1.807) is 19.1 Å². The minimum absolute atomic E-state index is 0.0513.